The minimum absolute atomic E-state index is 0.0351. The third-order valence-corrected chi connectivity index (χ3v) is 5.65. The van der Waals surface area contributed by atoms with Gasteiger partial charge in [-0.15, -0.1) is 11.8 Å². The van der Waals surface area contributed by atoms with Crippen LogP contribution in [0, 0.1) is 18.8 Å². The highest BCUT2D eigenvalue weighted by Crippen LogP contribution is 2.29. The van der Waals surface area contributed by atoms with Crippen molar-refractivity contribution < 1.29 is 9.53 Å². The number of ether oxygens (including phenoxy) is 1. The molecule has 0 fully saturated rings. The number of Topliss-reactive ketones (excluding diaryl/α,β-unsaturated/α-hetero) is 1. The van der Waals surface area contributed by atoms with Gasteiger partial charge in [-0.2, -0.15) is 0 Å². The van der Waals surface area contributed by atoms with Gasteiger partial charge in [-0.1, -0.05) is 38.2 Å². The fourth-order valence-electron chi connectivity index (χ4n) is 3.47. The van der Waals surface area contributed by atoms with E-state index in [9.17, 15) is 4.79 Å². The highest BCUT2D eigenvalue weighted by Gasteiger charge is 2.28. The number of benzene rings is 2. The van der Waals surface area contributed by atoms with Crippen LogP contribution < -0.4 is 10.5 Å². The van der Waals surface area contributed by atoms with Crippen LogP contribution in [0.4, 0.5) is 0 Å². The fraction of sp³-hybridized carbons (Fsp3) is 0.480. The van der Waals surface area contributed by atoms with Gasteiger partial charge < -0.3 is 10.5 Å². The first kappa shape index (κ1) is 23.3. The number of thioether (sulfide) groups is 1. The molecule has 2 aromatic rings. The van der Waals surface area contributed by atoms with Gasteiger partial charge in [-0.05, 0) is 73.5 Å². The third-order valence-electron chi connectivity index (χ3n) is 4.86. The lowest BCUT2D eigenvalue weighted by Gasteiger charge is -2.25. The molecule has 0 aliphatic rings. The molecule has 0 bridgehead atoms. The lowest BCUT2D eigenvalue weighted by atomic mass is 9.91. The van der Waals surface area contributed by atoms with E-state index < -0.39 is 11.0 Å². The minimum Gasteiger partial charge on any atom is -0.472 e. The van der Waals surface area contributed by atoms with Crippen LogP contribution in [0.1, 0.15) is 64.0 Å². The molecule has 2 N–H and O–H groups in total. The number of carbonyl (C=O) groups is 1. The van der Waals surface area contributed by atoms with Crippen LogP contribution in [0.3, 0.4) is 0 Å². The highest BCUT2D eigenvalue weighted by molar-refractivity contribution is 7.99. The van der Waals surface area contributed by atoms with Gasteiger partial charge in [0.25, 0.3) is 0 Å². The van der Waals surface area contributed by atoms with E-state index in [2.05, 4.69) is 50.8 Å². The Morgan fingerprint density at radius 3 is 2.66 bits per heavy atom. The van der Waals surface area contributed by atoms with Gasteiger partial charge >= 0.3 is 0 Å². The predicted octanol–water partition coefficient (Wildman–Crippen LogP) is 5.84. The molecule has 2 aromatic carbocycles. The molecular weight excluding hydrogens is 378 g/mol. The zero-order valence-electron chi connectivity index (χ0n) is 18.3. The largest absolute Gasteiger partial charge is 0.472 e. The highest BCUT2D eigenvalue weighted by atomic mass is 32.2. The van der Waals surface area contributed by atoms with Gasteiger partial charge in [0.05, 0.1) is 0 Å². The van der Waals surface area contributed by atoms with E-state index in [0.717, 1.165) is 42.2 Å². The maximum atomic E-state index is 12.8. The summed E-state index contributed by atoms with van der Waals surface area (Å²) in [4.78, 5) is 12.8. The van der Waals surface area contributed by atoms with Crippen molar-refractivity contribution in [1.82, 2.24) is 0 Å². The summed E-state index contributed by atoms with van der Waals surface area (Å²) in [6, 6.07) is 10.2. The molecule has 0 aliphatic carbocycles. The number of ketones is 1. The van der Waals surface area contributed by atoms with E-state index in [0.29, 0.717) is 12.2 Å². The van der Waals surface area contributed by atoms with Crippen LogP contribution >= 0.6 is 11.8 Å². The molecule has 0 spiro atoms. The molecule has 3 nitrogen and oxygen atoms in total. The number of hydrogen-bond acceptors (Lipinski definition) is 4. The summed E-state index contributed by atoms with van der Waals surface area (Å²) < 4.78 is 6.10. The molecule has 2 atom stereocenters. The molecule has 0 amide bonds. The van der Waals surface area contributed by atoms with Crippen molar-refractivity contribution in [3.63, 3.8) is 0 Å². The Kier molecular flexibility index (Phi) is 8.61. The van der Waals surface area contributed by atoms with Gasteiger partial charge in [-0.25, -0.2) is 0 Å². The normalized spacial score (nSPS) is 14.0. The lowest BCUT2D eigenvalue weighted by Crippen LogP contribution is -2.41. The summed E-state index contributed by atoms with van der Waals surface area (Å²) >= 11 is 1.41. The Labute approximate surface area is 179 Å². The van der Waals surface area contributed by atoms with Crippen LogP contribution in [0.2, 0.25) is 0 Å². The average Bonchev–Trinajstić information content (AvgIpc) is 2.65. The van der Waals surface area contributed by atoms with E-state index in [4.69, 9.17) is 10.5 Å². The van der Waals surface area contributed by atoms with E-state index >= 15 is 0 Å². The first-order chi connectivity index (χ1) is 13.8. The summed E-state index contributed by atoms with van der Waals surface area (Å²) in [6.07, 6.45) is 5.94. The van der Waals surface area contributed by atoms with Crippen molar-refractivity contribution in [3.8, 4) is 17.6 Å². The van der Waals surface area contributed by atoms with Crippen LogP contribution in [0.25, 0.3) is 10.8 Å². The van der Waals surface area contributed by atoms with Gasteiger partial charge in [-0.3, -0.25) is 4.79 Å². The molecule has 29 heavy (non-hydrogen) atoms. The summed E-state index contributed by atoms with van der Waals surface area (Å²) in [6.45, 7) is 8.21. The Morgan fingerprint density at radius 2 is 2.00 bits per heavy atom. The fourth-order valence-corrected chi connectivity index (χ4v) is 4.03. The molecule has 0 radical (unpaired) electrons. The lowest BCUT2D eigenvalue weighted by molar-refractivity contribution is -0.123. The summed E-state index contributed by atoms with van der Waals surface area (Å²) in [5, 5.41) is 2.24. The maximum Gasteiger partial charge on any atom is 0.202 e. The summed E-state index contributed by atoms with van der Waals surface area (Å²) in [5.41, 5.74) is 7.35. The van der Waals surface area contributed by atoms with Crippen molar-refractivity contribution in [2.45, 2.75) is 70.8 Å². The van der Waals surface area contributed by atoms with E-state index in [1.165, 1.54) is 17.1 Å². The Bertz CT molecular complexity index is 908. The number of fused-ring (bicyclic) bond motifs is 1. The second kappa shape index (κ2) is 10.7. The quantitative estimate of drug-likeness (QED) is 0.416. The Morgan fingerprint density at radius 1 is 1.24 bits per heavy atom. The van der Waals surface area contributed by atoms with E-state index in [-0.39, 0.29) is 5.78 Å². The van der Waals surface area contributed by atoms with Crippen LogP contribution in [-0.2, 0) is 4.79 Å². The number of nitrogens with two attached hydrogens (primary N) is 1. The van der Waals surface area contributed by atoms with E-state index in [1.54, 1.807) is 0 Å². The second-order valence-electron chi connectivity index (χ2n) is 7.96. The second-order valence-corrected chi connectivity index (χ2v) is 8.86. The van der Waals surface area contributed by atoms with Crippen molar-refractivity contribution in [2.24, 2.45) is 5.73 Å². The van der Waals surface area contributed by atoms with Gasteiger partial charge in [0, 0.05) is 23.9 Å². The predicted molar refractivity (Wildman–Crippen MR) is 126 cm³/mol. The molecule has 0 saturated carbocycles. The monoisotopic (exact) mass is 411 g/mol. The number of aryl methyl sites for hydroxylation is 1. The van der Waals surface area contributed by atoms with Gasteiger partial charge in [0.2, 0.25) is 5.44 Å². The number of carbonyl (C=O) groups excluding carboxylic acids is 1. The van der Waals surface area contributed by atoms with Crippen LogP contribution in [0.5, 0.6) is 5.75 Å². The smallest absolute Gasteiger partial charge is 0.202 e. The first-order valence-corrected chi connectivity index (χ1v) is 11.6. The molecule has 1 unspecified atom stereocenters. The summed E-state index contributed by atoms with van der Waals surface area (Å²) in [7, 11) is 0. The molecule has 2 rings (SSSR count). The first-order valence-electron chi connectivity index (χ1n) is 10.3. The van der Waals surface area contributed by atoms with Gasteiger partial charge in [0.1, 0.15) is 5.75 Å². The zero-order chi connectivity index (χ0) is 21.4. The number of hydrogen-bond donors (Lipinski definition) is 1. The molecule has 0 aromatic heterocycles. The van der Waals surface area contributed by atoms with Crippen LogP contribution in [-0.4, -0.2) is 23.0 Å². The summed E-state index contributed by atoms with van der Waals surface area (Å²) in [5.74, 6) is 7.15. The molecule has 156 valence electrons. The SMILES string of the molecule is CCCC#Cc1ccc2c(C)cc(OC(SC)C(=O)C[C@](C)(N)CCC)cc2c1. The maximum absolute atomic E-state index is 12.8. The molecule has 0 saturated heterocycles. The third kappa shape index (κ3) is 6.80. The Balaban J connectivity index is 2.25. The van der Waals surface area contributed by atoms with E-state index in [1.807, 2.05) is 25.3 Å². The van der Waals surface area contributed by atoms with Crippen molar-refractivity contribution >= 4 is 28.3 Å². The van der Waals surface area contributed by atoms with Crippen molar-refractivity contribution in [3.05, 3.63) is 41.5 Å². The van der Waals surface area contributed by atoms with Crippen molar-refractivity contribution in [1.29, 1.82) is 0 Å². The minimum atomic E-state index is -0.556. The van der Waals surface area contributed by atoms with Crippen molar-refractivity contribution in [2.75, 3.05) is 6.26 Å². The molecule has 0 heterocycles. The molecular formula is C25H33NO2S. The molecule has 4 heteroatoms. The zero-order valence-corrected chi connectivity index (χ0v) is 19.1. The average molecular weight is 412 g/mol. The Hall–Kier alpha value is -1.96. The van der Waals surface area contributed by atoms with Crippen LogP contribution in [0.15, 0.2) is 30.3 Å². The molecule has 0 aliphatic heterocycles. The standard InChI is InChI=1S/C25H33NO2S/c1-6-8-9-10-19-11-12-22-18(3)14-21(16-20(22)15-19)28-24(29-5)23(27)17-25(4,26)13-7-2/h11-12,14-16,24H,6-8,13,17,26H2,1-5H3/t24?,25-/m1/s1. The van der Waals surface area contributed by atoms with Gasteiger partial charge in [0.15, 0.2) is 5.78 Å². The number of rotatable bonds is 9. The topological polar surface area (TPSA) is 52.3 Å². The number of unbranched alkanes of at least 4 members (excludes halogenated alkanes) is 1.